The lowest BCUT2D eigenvalue weighted by Gasteiger charge is -2.36. The van der Waals surface area contributed by atoms with Crippen molar-refractivity contribution in [2.24, 2.45) is 4.99 Å². The Morgan fingerprint density at radius 3 is 2.79 bits per heavy atom. The molecule has 2 heterocycles. The number of piperazine rings is 1. The highest BCUT2D eigenvalue weighted by Crippen LogP contribution is 2.15. The van der Waals surface area contributed by atoms with E-state index in [1.807, 2.05) is 19.1 Å². The van der Waals surface area contributed by atoms with Crippen LogP contribution in [-0.2, 0) is 13.1 Å². The van der Waals surface area contributed by atoms with E-state index in [2.05, 4.69) is 20.3 Å². The van der Waals surface area contributed by atoms with Gasteiger partial charge >= 0.3 is 0 Å². The third kappa shape index (κ3) is 6.70. The van der Waals surface area contributed by atoms with Gasteiger partial charge in [-0.25, -0.2) is 13.8 Å². The highest BCUT2D eigenvalue weighted by molar-refractivity contribution is 5.80. The standard InChI is InChI=1S/C20H27F2N5O2/c1-2-23-20(24-13-16-4-3-5-18(12-16)28-15-19(21)22)27-9-7-26(8-10-27)14-17-6-11-29-25-17/h3-6,11-12,19H,2,7-10,13-15H2,1H3,(H,23,24). The van der Waals surface area contributed by atoms with Crippen LogP contribution in [0.1, 0.15) is 18.2 Å². The van der Waals surface area contributed by atoms with Crippen LogP contribution in [0.4, 0.5) is 8.78 Å². The van der Waals surface area contributed by atoms with Gasteiger partial charge in [0.2, 0.25) is 0 Å². The number of benzene rings is 1. The lowest BCUT2D eigenvalue weighted by Crippen LogP contribution is -2.52. The van der Waals surface area contributed by atoms with Gasteiger partial charge in [-0.3, -0.25) is 4.90 Å². The van der Waals surface area contributed by atoms with Crippen LogP contribution in [0, 0.1) is 0 Å². The maximum Gasteiger partial charge on any atom is 0.272 e. The summed E-state index contributed by atoms with van der Waals surface area (Å²) in [6.07, 6.45) is -0.894. The van der Waals surface area contributed by atoms with Crippen molar-refractivity contribution >= 4 is 5.96 Å². The molecular formula is C20H27F2N5O2. The Kier molecular flexibility index (Phi) is 7.80. The fourth-order valence-corrected chi connectivity index (χ4v) is 3.15. The molecule has 0 unspecified atom stereocenters. The number of aromatic nitrogens is 1. The molecule has 0 amide bonds. The number of ether oxygens (including phenoxy) is 1. The van der Waals surface area contributed by atoms with E-state index in [1.54, 1.807) is 24.5 Å². The van der Waals surface area contributed by atoms with Gasteiger partial charge in [-0.1, -0.05) is 17.3 Å². The molecule has 9 heteroatoms. The molecule has 2 aromatic rings. The molecule has 0 saturated carbocycles. The molecule has 0 radical (unpaired) electrons. The molecule has 158 valence electrons. The van der Waals surface area contributed by atoms with E-state index in [4.69, 9.17) is 14.3 Å². The molecular weight excluding hydrogens is 380 g/mol. The van der Waals surface area contributed by atoms with Gasteiger partial charge in [0.15, 0.2) is 5.96 Å². The van der Waals surface area contributed by atoms with Crippen molar-refractivity contribution in [3.05, 3.63) is 47.9 Å². The van der Waals surface area contributed by atoms with Crippen molar-refractivity contribution in [3.63, 3.8) is 0 Å². The van der Waals surface area contributed by atoms with Crippen molar-refractivity contribution in [2.75, 3.05) is 39.3 Å². The second-order valence-corrected chi connectivity index (χ2v) is 6.77. The monoisotopic (exact) mass is 407 g/mol. The summed E-state index contributed by atoms with van der Waals surface area (Å²) in [6.45, 7) is 6.99. The van der Waals surface area contributed by atoms with Crippen LogP contribution in [0.3, 0.4) is 0 Å². The third-order valence-corrected chi connectivity index (χ3v) is 4.57. The van der Waals surface area contributed by atoms with Gasteiger partial charge in [0.1, 0.15) is 18.6 Å². The maximum atomic E-state index is 12.3. The molecule has 1 aromatic carbocycles. The summed E-state index contributed by atoms with van der Waals surface area (Å²) in [4.78, 5) is 9.30. The predicted octanol–water partition coefficient (Wildman–Crippen LogP) is 2.60. The number of hydrogen-bond donors (Lipinski definition) is 1. The van der Waals surface area contributed by atoms with Gasteiger partial charge in [-0.05, 0) is 24.6 Å². The van der Waals surface area contributed by atoms with Gasteiger partial charge in [-0.15, -0.1) is 0 Å². The Balaban J connectivity index is 1.55. The Morgan fingerprint density at radius 1 is 1.28 bits per heavy atom. The summed E-state index contributed by atoms with van der Waals surface area (Å²) >= 11 is 0. The van der Waals surface area contributed by atoms with Gasteiger partial charge in [-0.2, -0.15) is 0 Å². The van der Waals surface area contributed by atoms with Crippen molar-refractivity contribution < 1.29 is 18.0 Å². The van der Waals surface area contributed by atoms with Crippen LogP contribution in [-0.4, -0.2) is 66.7 Å². The molecule has 1 fully saturated rings. The largest absolute Gasteiger partial charge is 0.488 e. The minimum Gasteiger partial charge on any atom is -0.488 e. The van der Waals surface area contributed by atoms with Crippen molar-refractivity contribution in [1.29, 1.82) is 0 Å². The number of alkyl halides is 2. The van der Waals surface area contributed by atoms with Gasteiger partial charge in [0, 0.05) is 45.3 Å². The van der Waals surface area contributed by atoms with Crippen LogP contribution >= 0.6 is 0 Å². The lowest BCUT2D eigenvalue weighted by molar-refractivity contribution is 0.0818. The average molecular weight is 407 g/mol. The van der Waals surface area contributed by atoms with E-state index in [0.29, 0.717) is 12.3 Å². The predicted molar refractivity (Wildman–Crippen MR) is 106 cm³/mol. The molecule has 3 rings (SSSR count). The molecule has 1 N–H and O–H groups in total. The fraction of sp³-hybridized carbons (Fsp3) is 0.500. The van der Waals surface area contributed by atoms with Crippen molar-refractivity contribution in [3.8, 4) is 5.75 Å². The minimum atomic E-state index is -2.49. The number of halogens is 2. The topological polar surface area (TPSA) is 66.1 Å². The molecule has 1 aromatic heterocycles. The van der Waals surface area contributed by atoms with Crippen LogP contribution in [0.2, 0.25) is 0 Å². The number of nitrogens with zero attached hydrogens (tertiary/aromatic N) is 4. The molecule has 1 aliphatic heterocycles. The summed E-state index contributed by atoms with van der Waals surface area (Å²) in [5.41, 5.74) is 1.85. The molecule has 0 atom stereocenters. The Labute approximate surface area is 169 Å². The Morgan fingerprint density at radius 2 is 2.10 bits per heavy atom. The summed E-state index contributed by atoms with van der Waals surface area (Å²) in [5.74, 6) is 1.29. The smallest absolute Gasteiger partial charge is 0.272 e. The number of aliphatic imine (C=N–C) groups is 1. The molecule has 0 bridgehead atoms. The highest BCUT2D eigenvalue weighted by Gasteiger charge is 2.20. The first kappa shape index (κ1) is 21.0. The van der Waals surface area contributed by atoms with Gasteiger partial charge in [0.25, 0.3) is 6.43 Å². The van der Waals surface area contributed by atoms with Crippen LogP contribution in [0.5, 0.6) is 5.75 Å². The molecule has 0 spiro atoms. The van der Waals surface area contributed by atoms with E-state index in [1.165, 1.54) is 0 Å². The number of rotatable bonds is 8. The van der Waals surface area contributed by atoms with Crippen LogP contribution in [0.25, 0.3) is 0 Å². The SMILES string of the molecule is CCNC(=NCc1cccc(OCC(F)F)c1)N1CCN(Cc2ccon2)CC1. The van der Waals surface area contributed by atoms with Crippen LogP contribution < -0.4 is 10.1 Å². The highest BCUT2D eigenvalue weighted by atomic mass is 19.3. The van der Waals surface area contributed by atoms with E-state index in [0.717, 1.165) is 56.5 Å². The first-order valence-corrected chi connectivity index (χ1v) is 9.79. The van der Waals surface area contributed by atoms with Crippen molar-refractivity contribution in [2.45, 2.75) is 26.4 Å². The Hall–Kier alpha value is -2.68. The van der Waals surface area contributed by atoms with E-state index < -0.39 is 13.0 Å². The zero-order chi connectivity index (χ0) is 20.5. The van der Waals surface area contributed by atoms with Gasteiger partial charge in [0.05, 0.1) is 12.2 Å². The average Bonchev–Trinajstić information content (AvgIpc) is 3.24. The molecule has 29 heavy (non-hydrogen) atoms. The third-order valence-electron chi connectivity index (χ3n) is 4.57. The molecule has 7 nitrogen and oxygen atoms in total. The summed E-state index contributed by atoms with van der Waals surface area (Å²) in [5, 5.41) is 7.31. The van der Waals surface area contributed by atoms with E-state index in [-0.39, 0.29) is 0 Å². The molecule has 1 saturated heterocycles. The number of guanidine groups is 1. The normalized spacial score (nSPS) is 15.7. The zero-order valence-corrected chi connectivity index (χ0v) is 16.6. The quantitative estimate of drug-likeness (QED) is 0.536. The number of nitrogens with one attached hydrogen (secondary N) is 1. The lowest BCUT2D eigenvalue weighted by atomic mass is 10.2. The Bertz CT molecular complexity index is 762. The van der Waals surface area contributed by atoms with Crippen LogP contribution in [0.15, 0.2) is 46.1 Å². The first-order valence-electron chi connectivity index (χ1n) is 9.79. The second kappa shape index (κ2) is 10.8. The minimum absolute atomic E-state index is 0.435. The van der Waals surface area contributed by atoms with Crippen molar-refractivity contribution in [1.82, 2.24) is 20.3 Å². The fourth-order valence-electron chi connectivity index (χ4n) is 3.15. The molecule has 1 aliphatic rings. The molecule has 0 aliphatic carbocycles. The first-order chi connectivity index (χ1) is 14.1. The second-order valence-electron chi connectivity index (χ2n) is 6.77. The summed E-state index contributed by atoms with van der Waals surface area (Å²) in [7, 11) is 0. The summed E-state index contributed by atoms with van der Waals surface area (Å²) in [6, 6.07) is 9.02. The maximum absolute atomic E-state index is 12.3. The summed E-state index contributed by atoms with van der Waals surface area (Å²) < 4.78 is 34.6. The van der Waals surface area contributed by atoms with Gasteiger partial charge < -0.3 is 19.5 Å². The van der Waals surface area contributed by atoms with E-state index in [9.17, 15) is 8.78 Å². The van der Waals surface area contributed by atoms with E-state index >= 15 is 0 Å². The number of hydrogen-bond acceptors (Lipinski definition) is 5. The zero-order valence-electron chi connectivity index (χ0n) is 16.6.